The Morgan fingerprint density at radius 3 is 2.62 bits per heavy atom. The number of carbonyl (C=O) groups is 2. The van der Waals surface area contributed by atoms with Crippen molar-refractivity contribution in [1.82, 2.24) is 9.88 Å². The van der Waals surface area contributed by atoms with Gasteiger partial charge >= 0.3 is 0 Å². The molecule has 0 spiro atoms. The Morgan fingerprint density at radius 2 is 2.08 bits per heavy atom. The number of ether oxygens (including phenoxy) is 1. The molecule has 1 atom stereocenters. The third-order valence-corrected chi connectivity index (χ3v) is 4.69. The topological polar surface area (TPSA) is 71.5 Å². The quantitative estimate of drug-likeness (QED) is 0.625. The molecule has 1 aromatic heterocycles. The minimum absolute atomic E-state index is 0.0170. The minimum atomic E-state index is -0.214. The number of aryl methyl sites for hydroxylation is 1. The van der Waals surface area contributed by atoms with E-state index in [9.17, 15) is 9.59 Å². The van der Waals surface area contributed by atoms with Crippen LogP contribution in [0, 0.1) is 18.3 Å². The molecule has 1 rings (SSSR count). The standard InChI is InChI=1S/C19H33N3O3S/c1-14(11-19(3,4)5)10-17(24)22(8-7-9-25-6)12-16(23)21-18-20-15(2)13-26-18/h13-14H,7-12H2,1-6H3,(H,20,21,23)/t14-/m0/s1. The van der Waals surface area contributed by atoms with Crippen molar-refractivity contribution < 1.29 is 14.3 Å². The van der Waals surface area contributed by atoms with Crippen LogP contribution >= 0.6 is 11.3 Å². The number of amides is 2. The molecule has 26 heavy (non-hydrogen) atoms. The predicted molar refractivity (Wildman–Crippen MR) is 106 cm³/mol. The van der Waals surface area contributed by atoms with Crippen LogP contribution in [0.2, 0.25) is 0 Å². The zero-order valence-corrected chi connectivity index (χ0v) is 17.7. The van der Waals surface area contributed by atoms with E-state index in [0.29, 0.717) is 31.1 Å². The summed E-state index contributed by atoms with van der Waals surface area (Å²) in [7, 11) is 1.63. The zero-order valence-electron chi connectivity index (χ0n) is 16.9. The number of methoxy groups -OCH3 is 1. The molecule has 1 N–H and O–H groups in total. The number of carbonyl (C=O) groups excluding carboxylic acids is 2. The van der Waals surface area contributed by atoms with Crippen LogP contribution in [-0.2, 0) is 14.3 Å². The zero-order chi connectivity index (χ0) is 19.7. The highest BCUT2D eigenvalue weighted by molar-refractivity contribution is 7.13. The van der Waals surface area contributed by atoms with Gasteiger partial charge in [-0.1, -0.05) is 27.7 Å². The molecule has 0 saturated heterocycles. The van der Waals surface area contributed by atoms with E-state index in [1.54, 1.807) is 12.0 Å². The van der Waals surface area contributed by atoms with Crippen molar-refractivity contribution in [2.45, 2.75) is 53.9 Å². The monoisotopic (exact) mass is 383 g/mol. The van der Waals surface area contributed by atoms with Crippen molar-refractivity contribution in [3.63, 3.8) is 0 Å². The summed E-state index contributed by atoms with van der Waals surface area (Å²) in [6, 6.07) is 0. The molecule has 1 heterocycles. The van der Waals surface area contributed by atoms with Gasteiger partial charge in [0.1, 0.15) is 0 Å². The van der Waals surface area contributed by atoms with E-state index in [2.05, 4.69) is 38.0 Å². The molecule has 148 valence electrons. The Kier molecular flexibility index (Phi) is 9.22. The van der Waals surface area contributed by atoms with Gasteiger partial charge in [0.05, 0.1) is 12.2 Å². The normalized spacial score (nSPS) is 12.7. The number of rotatable bonds is 10. The highest BCUT2D eigenvalue weighted by Crippen LogP contribution is 2.26. The summed E-state index contributed by atoms with van der Waals surface area (Å²) < 4.78 is 5.08. The second-order valence-electron chi connectivity index (χ2n) is 8.08. The average molecular weight is 384 g/mol. The lowest BCUT2D eigenvalue weighted by Gasteiger charge is -2.26. The van der Waals surface area contributed by atoms with Crippen LogP contribution in [0.3, 0.4) is 0 Å². The summed E-state index contributed by atoms with van der Waals surface area (Å²) in [6.07, 6.45) is 2.13. The molecule has 7 heteroatoms. The first-order chi connectivity index (χ1) is 12.1. The maximum absolute atomic E-state index is 12.7. The summed E-state index contributed by atoms with van der Waals surface area (Å²) in [6.45, 7) is 11.6. The molecule has 0 bridgehead atoms. The van der Waals surface area contributed by atoms with Gasteiger partial charge in [0.25, 0.3) is 0 Å². The Hall–Kier alpha value is -1.47. The molecule has 0 radical (unpaired) electrons. The van der Waals surface area contributed by atoms with Crippen LogP contribution in [0.5, 0.6) is 0 Å². The lowest BCUT2D eigenvalue weighted by Crippen LogP contribution is -2.39. The first-order valence-corrected chi connectivity index (χ1v) is 9.97. The van der Waals surface area contributed by atoms with Gasteiger partial charge < -0.3 is 15.0 Å². The Morgan fingerprint density at radius 1 is 1.38 bits per heavy atom. The number of nitrogens with zero attached hydrogens (tertiary/aromatic N) is 2. The summed E-state index contributed by atoms with van der Waals surface area (Å²) in [5.74, 6) is 0.0778. The van der Waals surface area contributed by atoms with Gasteiger partial charge in [-0.3, -0.25) is 9.59 Å². The number of thiazole rings is 1. The van der Waals surface area contributed by atoms with Crippen molar-refractivity contribution in [1.29, 1.82) is 0 Å². The molecule has 0 aliphatic rings. The SMILES string of the molecule is COCCCN(CC(=O)Nc1nc(C)cs1)C(=O)C[C@H](C)CC(C)(C)C. The van der Waals surface area contributed by atoms with E-state index < -0.39 is 0 Å². The summed E-state index contributed by atoms with van der Waals surface area (Å²) in [5, 5.41) is 5.22. The second kappa shape index (κ2) is 10.6. The average Bonchev–Trinajstić information content (AvgIpc) is 2.89. The van der Waals surface area contributed by atoms with Crippen LogP contribution < -0.4 is 5.32 Å². The van der Waals surface area contributed by atoms with Gasteiger partial charge in [0.2, 0.25) is 11.8 Å². The molecule has 1 aromatic rings. The van der Waals surface area contributed by atoms with Gasteiger partial charge in [-0.25, -0.2) is 4.98 Å². The van der Waals surface area contributed by atoms with Crippen LogP contribution in [0.1, 0.15) is 52.7 Å². The maximum atomic E-state index is 12.7. The fourth-order valence-electron chi connectivity index (χ4n) is 2.98. The first-order valence-electron chi connectivity index (χ1n) is 9.09. The van der Waals surface area contributed by atoms with E-state index in [4.69, 9.17) is 4.74 Å². The highest BCUT2D eigenvalue weighted by atomic mass is 32.1. The largest absolute Gasteiger partial charge is 0.385 e. The number of nitrogens with one attached hydrogen (secondary N) is 1. The van der Waals surface area contributed by atoms with Gasteiger partial charge in [0, 0.05) is 32.1 Å². The first kappa shape index (κ1) is 22.6. The maximum Gasteiger partial charge on any atom is 0.245 e. The van der Waals surface area contributed by atoms with Crippen LogP contribution in [0.4, 0.5) is 5.13 Å². The smallest absolute Gasteiger partial charge is 0.245 e. The van der Waals surface area contributed by atoms with Crippen molar-refractivity contribution in [2.24, 2.45) is 11.3 Å². The van der Waals surface area contributed by atoms with Gasteiger partial charge in [-0.15, -0.1) is 11.3 Å². The van der Waals surface area contributed by atoms with E-state index >= 15 is 0 Å². The Bertz CT molecular complexity index is 581. The van der Waals surface area contributed by atoms with Crippen molar-refractivity contribution in [3.8, 4) is 0 Å². The van der Waals surface area contributed by atoms with Gasteiger partial charge in [-0.05, 0) is 31.1 Å². The van der Waals surface area contributed by atoms with Crippen molar-refractivity contribution in [3.05, 3.63) is 11.1 Å². The molecule has 0 fully saturated rings. The van der Waals surface area contributed by atoms with Crippen LogP contribution in [0.15, 0.2) is 5.38 Å². The molecular weight excluding hydrogens is 350 g/mol. The van der Waals surface area contributed by atoms with E-state index in [-0.39, 0.29) is 29.7 Å². The van der Waals surface area contributed by atoms with Crippen molar-refractivity contribution >= 4 is 28.3 Å². The fraction of sp³-hybridized carbons (Fsp3) is 0.737. The summed E-state index contributed by atoms with van der Waals surface area (Å²) >= 11 is 1.39. The lowest BCUT2D eigenvalue weighted by molar-refractivity contribution is -0.135. The third kappa shape index (κ3) is 9.29. The van der Waals surface area contributed by atoms with Crippen LogP contribution in [0.25, 0.3) is 0 Å². The predicted octanol–water partition coefficient (Wildman–Crippen LogP) is 3.72. The molecule has 0 aliphatic heterocycles. The summed E-state index contributed by atoms with van der Waals surface area (Å²) in [5.41, 5.74) is 1.05. The molecule has 0 saturated carbocycles. The Balaban J connectivity index is 2.64. The Labute approximate surface area is 161 Å². The molecular formula is C19H33N3O3S. The number of hydrogen-bond donors (Lipinski definition) is 1. The van der Waals surface area contributed by atoms with Gasteiger partial charge in [-0.2, -0.15) is 0 Å². The molecule has 0 aliphatic carbocycles. The second-order valence-corrected chi connectivity index (χ2v) is 8.94. The highest BCUT2D eigenvalue weighted by Gasteiger charge is 2.22. The van der Waals surface area contributed by atoms with E-state index in [1.807, 2.05) is 12.3 Å². The number of anilines is 1. The molecule has 2 amide bonds. The van der Waals surface area contributed by atoms with E-state index in [0.717, 1.165) is 12.1 Å². The van der Waals surface area contributed by atoms with E-state index in [1.165, 1.54) is 11.3 Å². The molecule has 0 aromatic carbocycles. The van der Waals surface area contributed by atoms with Crippen molar-refractivity contribution in [2.75, 3.05) is 32.1 Å². The minimum Gasteiger partial charge on any atom is -0.385 e. The summed E-state index contributed by atoms with van der Waals surface area (Å²) in [4.78, 5) is 30.9. The molecule has 6 nitrogen and oxygen atoms in total. The lowest BCUT2D eigenvalue weighted by atomic mass is 9.84. The van der Waals surface area contributed by atoms with Gasteiger partial charge in [0.15, 0.2) is 5.13 Å². The number of hydrogen-bond acceptors (Lipinski definition) is 5. The fourth-order valence-corrected chi connectivity index (χ4v) is 3.68. The van der Waals surface area contributed by atoms with Crippen LogP contribution in [-0.4, -0.2) is 48.5 Å². The number of aromatic nitrogens is 1. The third-order valence-electron chi connectivity index (χ3n) is 3.81. The molecule has 0 unspecified atom stereocenters.